The summed E-state index contributed by atoms with van der Waals surface area (Å²) in [5.74, 6) is 1.46. The van der Waals surface area contributed by atoms with Crippen LogP contribution >= 0.6 is 23.2 Å². The Labute approximate surface area is 122 Å². The molecular weight excluding hydrogens is 283 g/mol. The Bertz CT molecular complexity index is 570. The van der Waals surface area contributed by atoms with Crippen LogP contribution in [0.5, 0.6) is 11.5 Å². The van der Waals surface area contributed by atoms with Crippen LogP contribution in [0.2, 0.25) is 5.02 Å². The third-order valence-electron chi connectivity index (χ3n) is 2.85. The van der Waals surface area contributed by atoms with Crippen LogP contribution in [-0.2, 0) is 0 Å². The minimum Gasteiger partial charge on any atom is -0.497 e. The van der Waals surface area contributed by atoms with Gasteiger partial charge in [0.2, 0.25) is 0 Å². The van der Waals surface area contributed by atoms with Crippen molar-refractivity contribution in [1.29, 1.82) is 0 Å². The molecule has 4 heteroatoms. The Morgan fingerprint density at radius 2 is 1.79 bits per heavy atom. The van der Waals surface area contributed by atoms with E-state index in [2.05, 4.69) is 0 Å². The van der Waals surface area contributed by atoms with Crippen LogP contribution in [0, 0.1) is 0 Å². The zero-order valence-corrected chi connectivity index (χ0v) is 12.2. The minimum atomic E-state index is -0.344. The van der Waals surface area contributed by atoms with Gasteiger partial charge in [0.05, 0.1) is 19.6 Å². The average molecular weight is 297 g/mol. The van der Waals surface area contributed by atoms with Gasteiger partial charge in [-0.2, -0.15) is 0 Å². The Hall–Kier alpha value is -1.38. The second kappa shape index (κ2) is 6.18. The van der Waals surface area contributed by atoms with E-state index < -0.39 is 0 Å². The van der Waals surface area contributed by atoms with Crippen molar-refractivity contribution in [2.75, 3.05) is 14.2 Å². The summed E-state index contributed by atoms with van der Waals surface area (Å²) in [6.07, 6.45) is 0. The van der Waals surface area contributed by atoms with Crippen molar-refractivity contribution >= 4 is 23.2 Å². The molecule has 2 nitrogen and oxygen atoms in total. The first kappa shape index (κ1) is 14.0. The lowest BCUT2D eigenvalue weighted by Crippen LogP contribution is -1.98. The maximum atomic E-state index is 6.52. The number of rotatable bonds is 4. The van der Waals surface area contributed by atoms with Gasteiger partial charge in [-0.15, -0.1) is 11.6 Å². The summed E-state index contributed by atoms with van der Waals surface area (Å²) in [5.41, 5.74) is 1.77. The summed E-state index contributed by atoms with van der Waals surface area (Å²) >= 11 is 12.5. The van der Waals surface area contributed by atoms with Crippen LogP contribution in [0.3, 0.4) is 0 Å². The Morgan fingerprint density at radius 1 is 1.00 bits per heavy atom. The molecule has 0 aliphatic rings. The monoisotopic (exact) mass is 296 g/mol. The Morgan fingerprint density at radius 3 is 2.42 bits per heavy atom. The molecule has 0 amide bonds. The molecule has 0 saturated carbocycles. The van der Waals surface area contributed by atoms with Crippen LogP contribution in [0.4, 0.5) is 0 Å². The highest BCUT2D eigenvalue weighted by Gasteiger charge is 2.17. The van der Waals surface area contributed by atoms with Gasteiger partial charge < -0.3 is 9.47 Å². The van der Waals surface area contributed by atoms with E-state index in [0.717, 1.165) is 22.6 Å². The summed E-state index contributed by atoms with van der Waals surface area (Å²) in [4.78, 5) is 0. The van der Waals surface area contributed by atoms with Gasteiger partial charge in [0.25, 0.3) is 0 Å². The maximum Gasteiger partial charge on any atom is 0.124 e. The van der Waals surface area contributed by atoms with Crippen LogP contribution in [0.1, 0.15) is 16.5 Å². The van der Waals surface area contributed by atoms with Crippen molar-refractivity contribution in [1.82, 2.24) is 0 Å². The fourth-order valence-corrected chi connectivity index (χ4v) is 2.39. The summed E-state index contributed by atoms with van der Waals surface area (Å²) < 4.78 is 10.6. The first-order valence-corrected chi connectivity index (χ1v) is 6.58. The van der Waals surface area contributed by atoms with E-state index in [4.69, 9.17) is 32.7 Å². The van der Waals surface area contributed by atoms with Crippen molar-refractivity contribution in [2.45, 2.75) is 5.38 Å². The van der Waals surface area contributed by atoms with Gasteiger partial charge in [-0.3, -0.25) is 0 Å². The highest BCUT2D eigenvalue weighted by molar-refractivity contribution is 6.30. The number of methoxy groups -OCH3 is 2. The van der Waals surface area contributed by atoms with Gasteiger partial charge in [-0.05, 0) is 35.9 Å². The van der Waals surface area contributed by atoms with E-state index in [0.29, 0.717) is 5.02 Å². The molecule has 0 aliphatic carbocycles. The van der Waals surface area contributed by atoms with Crippen molar-refractivity contribution in [3.8, 4) is 11.5 Å². The number of ether oxygens (including phenoxy) is 2. The highest BCUT2D eigenvalue weighted by atomic mass is 35.5. The summed E-state index contributed by atoms with van der Waals surface area (Å²) in [5, 5.41) is 0.314. The number of hydrogen-bond acceptors (Lipinski definition) is 2. The largest absolute Gasteiger partial charge is 0.497 e. The molecule has 2 rings (SSSR count). The van der Waals surface area contributed by atoms with E-state index in [1.165, 1.54) is 0 Å². The van der Waals surface area contributed by atoms with Crippen LogP contribution in [0.15, 0.2) is 42.5 Å². The highest BCUT2D eigenvalue weighted by Crippen LogP contribution is 2.37. The first-order valence-electron chi connectivity index (χ1n) is 5.77. The van der Waals surface area contributed by atoms with Gasteiger partial charge >= 0.3 is 0 Å². The number of hydrogen-bond donors (Lipinski definition) is 0. The maximum absolute atomic E-state index is 6.52. The molecule has 0 heterocycles. The average Bonchev–Trinajstić information content (AvgIpc) is 2.45. The van der Waals surface area contributed by atoms with E-state index in [1.807, 2.05) is 42.5 Å². The standard InChI is InChI=1S/C15H14Cl2O2/c1-18-12-6-7-14(19-2)13(9-12)15(17)10-4-3-5-11(16)8-10/h3-9,15H,1-2H3. The predicted octanol–water partition coefficient (Wildman–Crippen LogP) is 4.69. The molecular formula is C15H14Cl2O2. The molecule has 0 spiro atoms. The molecule has 0 radical (unpaired) electrons. The second-order valence-electron chi connectivity index (χ2n) is 4.03. The molecule has 0 aromatic heterocycles. The fourth-order valence-electron chi connectivity index (χ4n) is 1.88. The van der Waals surface area contributed by atoms with Gasteiger partial charge in [-0.25, -0.2) is 0 Å². The van der Waals surface area contributed by atoms with Crippen LogP contribution in [0.25, 0.3) is 0 Å². The van der Waals surface area contributed by atoms with E-state index in [1.54, 1.807) is 14.2 Å². The third-order valence-corrected chi connectivity index (χ3v) is 3.57. The Kier molecular flexibility index (Phi) is 4.56. The molecule has 0 N–H and O–H groups in total. The molecule has 19 heavy (non-hydrogen) atoms. The summed E-state index contributed by atoms with van der Waals surface area (Å²) in [7, 11) is 3.24. The first-order chi connectivity index (χ1) is 9.15. The molecule has 1 unspecified atom stereocenters. The summed E-state index contributed by atoms with van der Waals surface area (Å²) in [6, 6.07) is 13.0. The topological polar surface area (TPSA) is 18.5 Å². The molecule has 100 valence electrons. The molecule has 2 aromatic carbocycles. The van der Waals surface area contributed by atoms with E-state index >= 15 is 0 Å². The van der Waals surface area contributed by atoms with E-state index in [9.17, 15) is 0 Å². The predicted molar refractivity (Wildman–Crippen MR) is 78.7 cm³/mol. The minimum absolute atomic E-state index is 0.344. The Balaban J connectivity index is 2.44. The molecule has 1 atom stereocenters. The zero-order valence-electron chi connectivity index (χ0n) is 10.7. The van der Waals surface area contributed by atoms with Gasteiger partial charge in [0.15, 0.2) is 0 Å². The normalized spacial score (nSPS) is 12.0. The van der Waals surface area contributed by atoms with Gasteiger partial charge in [-0.1, -0.05) is 23.7 Å². The van der Waals surface area contributed by atoms with Crippen LogP contribution in [-0.4, -0.2) is 14.2 Å². The SMILES string of the molecule is COc1ccc(OC)c(C(Cl)c2cccc(Cl)c2)c1. The van der Waals surface area contributed by atoms with Gasteiger partial charge in [0.1, 0.15) is 11.5 Å². The molecule has 0 saturated heterocycles. The smallest absolute Gasteiger partial charge is 0.124 e. The van der Waals surface area contributed by atoms with Gasteiger partial charge in [0, 0.05) is 10.6 Å². The summed E-state index contributed by atoms with van der Waals surface area (Å²) in [6.45, 7) is 0. The number of alkyl halides is 1. The quantitative estimate of drug-likeness (QED) is 0.762. The van der Waals surface area contributed by atoms with Crippen molar-refractivity contribution in [3.05, 3.63) is 58.6 Å². The van der Waals surface area contributed by atoms with Crippen LogP contribution < -0.4 is 9.47 Å². The molecule has 0 fully saturated rings. The zero-order chi connectivity index (χ0) is 13.8. The van der Waals surface area contributed by atoms with E-state index in [-0.39, 0.29) is 5.38 Å². The lowest BCUT2D eigenvalue weighted by atomic mass is 10.0. The molecule has 0 aliphatic heterocycles. The lowest BCUT2D eigenvalue weighted by molar-refractivity contribution is 0.399. The number of benzene rings is 2. The molecule has 0 bridgehead atoms. The second-order valence-corrected chi connectivity index (χ2v) is 4.90. The van der Waals surface area contributed by atoms with Crippen molar-refractivity contribution in [2.24, 2.45) is 0 Å². The molecule has 2 aromatic rings. The lowest BCUT2D eigenvalue weighted by Gasteiger charge is -2.15. The fraction of sp³-hybridized carbons (Fsp3) is 0.200. The van der Waals surface area contributed by atoms with Crippen molar-refractivity contribution < 1.29 is 9.47 Å². The number of halogens is 2. The van der Waals surface area contributed by atoms with Crippen molar-refractivity contribution in [3.63, 3.8) is 0 Å². The third kappa shape index (κ3) is 3.14.